The van der Waals surface area contributed by atoms with Crippen molar-refractivity contribution in [3.63, 3.8) is 0 Å². The second-order valence-electron chi connectivity index (χ2n) is 7.70. The first-order chi connectivity index (χ1) is 15.9. The number of hydrogen-bond acceptors (Lipinski definition) is 7. The Morgan fingerprint density at radius 2 is 1.88 bits per heavy atom. The molecule has 1 atom stereocenters. The number of piperidine rings is 1. The molecule has 2 aromatic carbocycles. The zero-order valence-electron chi connectivity index (χ0n) is 17.6. The van der Waals surface area contributed by atoms with E-state index < -0.39 is 35.6 Å². The van der Waals surface area contributed by atoms with E-state index in [2.05, 4.69) is 10.6 Å². The molecule has 4 N–H and O–H groups in total. The van der Waals surface area contributed by atoms with E-state index in [1.165, 1.54) is 6.07 Å². The molecule has 2 aliphatic rings. The topological polar surface area (TPSA) is 148 Å². The molecule has 170 valence electrons. The number of fused-ring (bicyclic) bond motifs is 1. The number of anilines is 1. The predicted octanol–water partition coefficient (Wildman–Crippen LogP) is 0.606. The third kappa shape index (κ3) is 4.40. The van der Waals surface area contributed by atoms with E-state index in [1.54, 1.807) is 36.4 Å². The fourth-order valence-corrected chi connectivity index (χ4v) is 3.99. The highest BCUT2D eigenvalue weighted by Gasteiger charge is 2.45. The first-order valence-electron chi connectivity index (χ1n) is 10.4. The lowest BCUT2D eigenvalue weighted by molar-refractivity contribution is -0.136. The second kappa shape index (κ2) is 9.11. The number of imide groups is 2. The van der Waals surface area contributed by atoms with Crippen molar-refractivity contribution in [3.05, 3.63) is 59.2 Å². The Morgan fingerprint density at radius 3 is 2.64 bits per heavy atom. The Morgan fingerprint density at radius 1 is 1.09 bits per heavy atom. The van der Waals surface area contributed by atoms with Gasteiger partial charge < -0.3 is 15.8 Å². The molecule has 10 nitrogen and oxygen atoms in total. The summed E-state index contributed by atoms with van der Waals surface area (Å²) in [5.74, 6) is -2.16. The van der Waals surface area contributed by atoms with E-state index in [0.29, 0.717) is 23.5 Å². The minimum absolute atomic E-state index is 0.0581. The summed E-state index contributed by atoms with van der Waals surface area (Å²) in [5.41, 5.74) is 6.76. The molecule has 0 aliphatic carbocycles. The van der Waals surface area contributed by atoms with Gasteiger partial charge in [0.2, 0.25) is 17.7 Å². The third-order valence-electron chi connectivity index (χ3n) is 5.48. The van der Waals surface area contributed by atoms with Crippen LogP contribution in [-0.4, -0.2) is 53.6 Å². The van der Waals surface area contributed by atoms with Crippen LogP contribution in [-0.2, 0) is 20.8 Å². The van der Waals surface area contributed by atoms with Gasteiger partial charge in [-0.05, 0) is 24.6 Å². The third-order valence-corrected chi connectivity index (χ3v) is 5.48. The molecular formula is C23H22N4O6. The molecule has 0 spiro atoms. The SMILES string of the molecule is NC(=O)Cc1ccccc1OCCNc1cccc2c1C(=O)N(C1CCC(=O)NC1=O)C2=O. The Balaban J connectivity index is 1.44. The van der Waals surface area contributed by atoms with E-state index in [0.717, 1.165) is 4.90 Å². The normalized spacial score (nSPS) is 17.6. The lowest BCUT2D eigenvalue weighted by Crippen LogP contribution is -2.54. The highest BCUT2D eigenvalue weighted by molar-refractivity contribution is 6.25. The van der Waals surface area contributed by atoms with Crippen LogP contribution >= 0.6 is 0 Å². The van der Waals surface area contributed by atoms with Crippen LogP contribution in [0, 0.1) is 0 Å². The van der Waals surface area contributed by atoms with E-state index >= 15 is 0 Å². The first-order valence-corrected chi connectivity index (χ1v) is 10.4. The molecule has 2 aliphatic heterocycles. The molecule has 1 fully saturated rings. The molecule has 1 saturated heterocycles. The van der Waals surface area contributed by atoms with Crippen LogP contribution in [0.15, 0.2) is 42.5 Å². The summed E-state index contributed by atoms with van der Waals surface area (Å²) in [6.07, 6.45) is 0.212. The summed E-state index contributed by atoms with van der Waals surface area (Å²) in [5, 5.41) is 5.27. The molecule has 5 amide bonds. The molecule has 4 rings (SSSR count). The number of nitrogens with zero attached hydrogens (tertiary/aromatic N) is 1. The van der Waals surface area contributed by atoms with E-state index in [1.807, 2.05) is 0 Å². The smallest absolute Gasteiger partial charge is 0.264 e. The fraction of sp³-hybridized carbons (Fsp3) is 0.261. The van der Waals surface area contributed by atoms with Gasteiger partial charge in [0.15, 0.2) is 0 Å². The van der Waals surface area contributed by atoms with Gasteiger partial charge in [-0.1, -0.05) is 24.3 Å². The summed E-state index contributed by atoms with van der Waals surface area (Å²) in [4.78, 5) is 61.8. The molecule has 0 aromatic heterocycles. The molecule has 2 heterocycles. The Kier molecular flexibility index (Phi) is 6.07. The molecule has 0 bridgehead atoms. The van der Waals surface area contributed by atoms with Gasteiger partial charge in [0.25, 0.3) is 11.8 Å². The number of nitrogens with two attached hydrogens (primary N) is 1. The minimum atomic E-state index is -1.02. The number of carbonyl (C=O) groups is 5. The lowest BCUT2D eigenvalue weighted by Gasteiger charge is -2.27. The van der Waals surface area contributed by atoms with Gasteiger partial charge in [-0.3, -0.25) is 34.2 Å². The van der Waals surface area contributed by atoms with Crippen molar-refractivity contribution in [2.45, 2.75) is 25.3 Å². The lowest BCUT2D eigenvalue weighted by atomic mass is 10.0. The summed E-state index contributed by atoms with van der Waals surface area (Å²) >= 11 is 0. The van der Waals surface area contributed by atoms with Crippen molar-refractivity contribution in [1.29, 1.82) is 0 Å². The summed E-state index contributed by atoms with van der Waals surface area (Å²) < 4.78 is 5.75. The zero-order chi connectivity index (χ0) is 23.5. The van der Waals surface area contributed by atoms with Gasteiger partial charge in [-0.2, -0.15) is 0 Å². The van der Waals surface area contributed by atoms with Gasteiger partial charge in [0, 0.05) is 24.2 Å². The minimum Gasteiger partial charge on any atom is -0.491 e. The number of hydrogen-bond donors (Lipinski definition) is 3. The predicted molar refractivity (Wildman–Crippen MR) is 116 cm³/mol. The van der Waals surface area contributed by atoms with E-state index in [9.17, 15) is 24.0 Å². The van der Waals surface area contributed by atoms with Crippen molar-refractivity contribution < 1.29 is 28.7 Å². The molecule has 1 unspecified atom stereocenters. The number of rotatable bonds is 8. The van der Waals surface area contributed by atoms with Crippen molar-refractivity contribution in [2.24, 2.45) is 5.73 Å². The van der Waals surface area contributed by atoms with Crippen molar-refractivity contribution >= 4 is 35.2 Å². The molecule has 33 heavy (non-hydrogen) atoms. The van der Waals surface area contributed by atoms with Gasteiger partial charge in [0.1, 0.15) is 18.4 Å². The van der Waals surface area contributed by atoms with Crippen LogP contribution in [0.1, 0.15) is 39.1 Å². The van der Waals surface area contributed by atoms with Crippen LogP contribution in [0.3, 0.4) is 0 Å². The molecular weight excluding hydrogens is 428 g/mol. The number of amides is 5. The van der Waals surface area contributed by atoms with Gasteiger partial charge in [-0.25, -0.2) is 0 Å². The highest BCUT2D eigenvalue weighted by Crippen LogP contribution is 2.32. The van der Waals surface area contributed by atoms with Gasteiger partial charge >= 0.3 is 0 Å². The number of primary amides is 1. The van der Waals surface area contributed by atoms with Crippen LogP contribution in [0.25, 0.3) is 0 Å². The summed E-state index contributed by atoms with van der Waals surface area (Å²) in [6, 6.07) is 10.9. The van der Waals surface area contributed by atoms with Crippen molar-refractivity contribution in [2.75, 3.05) is 18.5 Å². The number of nitrogens with one attached hydrogen (secondary N) is 2. The Hall–Kier alpha value is -4.21. The molecule has 0 saturated carbocycles. The van der Waals surface area contributed by atoms with Gasteiger partial charge in [0.05, 0.1) is 17.5 Å². The number of ether oxygens (including phenoxy) is 1. The zero-order valence-corrected chi connectivity index (χ0v) is 17.6. The highest BCUT2D eigenvalue weighted by atomic mass is 16.5. The number of para-hydroxylation sites is 1. The molecule has 2 aromatic rings. The fourth-order valence-electron chi connectivity index (χ4n) is 3.99. The van der Waals surface area contributed by atoms with Crippen LogP contribution < -0.4 is 21.1 Å². The van der Waals surface area contributed by atoms with Crippen molar-refractivity contribution in [1.82, 2.24) is 10.2 Å². The Bertz CT molecular complexity index is 1160. The standard InChI is InChI=1S/C23H22N4O6/c24-18(28)12-13-4-1-2-7-17(13)33-11-10-25-15-6-3-5-14-20(15)23(32)27(22(14)31)16-8-9-19(29)26-21(16)30/h1-7,16,25H,8-12H2,(H2,24,28)(H,26,29,30). The second-order valence-corrected chi connectivity index (χ2v) is 7.70. The number of carbonyl (C=O) groups excluding carboxylic acids is 5. The number of benzene rings is 2. The maximum atomic E-state index is 13.1. The summed E-state index contributed by atoms with van der Waals surface area (Å²) in [7, 11) is 0. The summed E-state index contributed by atoms with van der Waals surface area (Å²) in [6.45, 7) is 0.527. The molecule has 10 heteroatoms. The van der Waals surface area contributed by atoms with Gasteiger partial charge in [-0.15, -0.1) is 0 Å². The maximum Gasteiger partial charge on any atom is 0.264 e. The molecule has 0 radical (unpaired) electrons. The monoisotopic (exact) mass is 450 g/mol. The first kappa shape index (κ1) is 22.0. The Labute approximate surface area is 189 Å². The average molecular weight is 450 g/mol. The maximum absolute atomic E-state index is 13.1. The van der Waals surface area contributed by atoms with E-state index in [4.69, 9.17) is 10.5 Å². The van der Waals surface area contributed by atoms with Crippen LogP contribution in [0.2, 0.25) is 0 Å². The van der Waals surface area contributed by atoms with Crippen LogP contribution in [0.4, 0.5) is 5.69 Å². The average Bonchev–Trinajstić information content (AvgIpc) is 3.03. The van der Waals surface area contributed by atoms with Crippen molar-refractivity contribution in [3.8, 4) is 5.75 Å². The largest absolute Gasteiger partial charge is 0.491 e. The van der Waals surface area contributed by atoms with Crippen LogP contribution in [0.5, 0.6) is 5.75 Å². The quantitative estimate of drug-likeness (QED) is 0.394. The van der Waals surface area contributed by atoms with E-state index in [-0.39, 0.29) is 37.0 Å².